The molecule has 114 valence electrons. The second-order valence-corrected chi connectivity index (χ2v) is 6.59. The molecule has 2 rings (SSSR count). The van der Waals surface area contributed by atoms with Crippen molar-refractivity contribution in [3.63, 3.8) is 0 Å². The van der Waals surface area contributed by atoms with Gasteiger partial charge in [-0.15, -0.1) is 0 Å². The van der Waals surface area contributed by atoms with Gasteiger partial charge < -0.3 is 10.0 Å². The van der Waals surface area contributed by atoms with E-state index in [4.69, 9.17) is 5.11 Å². The fourth-order valence-electron chi connectivity index (χ4n) is 2.59. The zero-order valence-corrected chi connectivity index (χ0v) is 13.9. The van der Waals surface area contributed by atoms with E-state index < -0.39 is 17.3 Å². The molecule has 1 fully saturated rings. The van der Waals surface area contributed by atoms with Crippen LogP contribution in [0, 0.1) is 5.92 Å². The highest BCUT2D eigenvalue weighted by molar-refractivity contribution is 9.10. The van der Waals surface area contributed by atoms with Crippen molar-refractivity contribution in [2.75, 3.05) is 13.1 Å². The van der Waals surface area contributed by atoms with Gasteiger partial charge in [-0.3, -0.25) is 9.59 Å². The molecule has 1 aromatic carbocycles. The Bertz CT molecular complexity index is 537. The molecule has 0 aromatic heterocycles. The molecule has 4 nitrogen and oxygen atoms in total. The predicted octanol–water partition coefficient (Wildman–Crippen LogP) is 3.05. The van der Waals surface area contributed by atoms with Crippen molar-refractivity contribution in [2.45, 2.75) is 32.1 Å². The number of amides is 1. The molecule has 1 aliphatic carbocycles. The number of aliphatic carboxylic acids is 1. The molecule has 1 aliphatic rings. The molecule has 1 unspecified atom stereocenters. The number of hydrogen-bond donors (Lipinski definition) is 1. The standard InChI is InChI=1S/C16H20BrNO3/c1-3-18(10-11(2)14(19)20)15(21)16(8-9-16)12-4-6-13(17)7-5-12/h4-7,11H,3,8-10H2,1-2H3,(H,19,20). The fraction of sp³-hybridized carbons (Fsp3) is 0.500. The maximum atomic E-state index is 12.8. The third-order valence-electron chi connectivity index (χ3n) is 4.14. The zero-order valence-electron chi connectivity index (χ0n) is 12.3. The Morgan fingerprint density at radius 1 is 1.33 bits per heavy atom. The Kier molecular flexibility index (Phi) is 4.71. The summed E-state index contributed by atoms with van der Waals surface area (Å²) in [6, 6.07) is 7.84. The minimum absolute atomic E-state index is 0.0559. The van der Waals surface area contributed by atoms with Crippen molar-refractivity contribution in [1.82, 2.24) is 4.90 Å². The summed E-state index contributed by atoms with van der Waals surface area (Å²) >= 11 is 3.40. The number of carboxylic acid groups (broad SMARTS) is 1. The van der Waals surface area contributed by atoms with Crippen molar-refractivity contribution < 1.29 is 14.7 Å². The highest BCUT2D eigenvalue weighted by atomic mass is 79.9. The molecular formula is C16H20BrNO3. The van der Waals surface area contributed by atoms with Gasteiger partial charge in [-0.2, -0.15) is 0 Å². The molecule has 0 spiro atoms. The summed E-state index contributed by atoms with van der Waals surface area (Å²) in [5.41, 5.74) is 0.590. The Hall–Kier alpha value is -1.36. The Labute approximate surface area is 133 Å². The van der Waals surface area contributed by atoms with Crippen LogP contribution >= 0.6 is 15.9 Å². The summed E-state index contributed by atoms with van der Waals surface area (Å²) in [5, 5.41) is 9.03. The molecule has 21 heavy (non-hydrogen) atoms. The van der Waals surface area contributed by atoms with Crippen LogP contribution in [0.4, 0.5) is 0 Å². The molecule has 1 atom stereocenters. The monoisotopic (exact) mass is 353 g/mol. The van der Waals surface area contributed by atoms with Crippen molar-refractivity contribution >= 4 is 27.8 Å². The van der Waals surface area contributed by atoms with Crippen molar-refractivity contribution in [3.05, 3.63) is 34.3 Å². The normalized spacial score (nSPS) is 17.1. The van der Waals surface area contributed by atoms with Crippen molar-refractivity contribution in [1.29, 1.82) is 0 Å². The summed E-state index contributed by atoms with van der Waals surface area (Å²) in [6.07, 6.45) is 1.68. The van der Waals surface area contributed by atoms with Crippen LogP contribution in [0.15, 0.2) is 28.7 Å². The first-order valence-electron chi connectivity index (χ1n) is 7.19. The lowest BCUT2D eigenvalue weighted by Crippen LogP contribution is -2.42. The second-order valence-electron chi connectivity index (χ2n) is 5.67. The molecule has 1 saturated carbocycles. The Morgan fingerprint density at radius 3 is 2.33 bits per heavy atom. The van der Waals surface area contributed by atoms with E-state index in [1.807, 2.05) is 31.2 Å². The minimum Gasteiger partial charge on any atom is -0.481 e. The summed E-state index contributed by atoms with van der Waals surface area (Å²) in [5.74, 6) is -1.36. The quantitative estimate of drug-likeness (QED) is 0.854. The zero-order chi connectivity index (χ0) is 15.6. The number of rotatable bonds is 6. The smallest absolute Gasteiger partial charge is 0.308 e. The lowest BCUT2D eigenvalue weighted by Gasteiger charge is -2.28. The third-order valence-corrected chi connectivity index (χ3v) is 4.67. The largest absolute Gasteiger partial charge is 0.481 e. The number of carboxylic acids is 1. The van der Waals surface area contributed by atoms with Crippen LogP contribution in [-0.4, -0.2) is 35.0 Å². The molecule has 1 aromatic rings. The van der Waals surface area contributed by atoms with Gasteiger partial charge in [0.05, 0.1) is 11.3 Å². The molecule has 5 heteroatoms. The van der Waals surface area contributed by atoms with Gasteiger partial charge in [0.2, 0.25) is 5.91 Å². The van der Waals surface area contributed by atoms with Gasteiger partial charge in [0.25, 0.3) is 0 Å². The number of carbonyl (C=O) groups excluding carboxylic acids is 1. The van der Waals surface area contributed by atoms with E-state index in [9.17, 15) is 9.59 Å². The maximum absolute atomic E-state index is 12.8. The molecule has 0 heterocycles. The van der Waals surface area contributed by atoms with Gasteiger partial charge >= 0.3 is 5.97 Å². The lowest BCUT2D eigenvalue weighted by atomic mass is 9.94. The summed E-state index contributed by atoms with van der Waals surface area (Å²) in [4.78, 5) is 25.5. The van der Waals surface area contributed by atoms with Gasteiger partial charge in [0, 0.05) is 17.6 Å². The number of carbonyl (C=O) groups is 2. The number of hydrogen-bond acceptors (Lipinski definition) is 2. The first-order valence-corrected chi connectivity index (χ1v) is 7.98. The lowest BCUT2D eigenvalue weighted by molar-refractivity contribution is -0.143. The van der Waals surface area contributed by atoms with Gasteiger partial charge in [0.15, 0.2) is 0 Å². The molecular weight excluding hydrogens is 334 g/mol. The summed E-state index contributed by atoms with van der Waals surface area (Å²) in [7, 11) is 0. The van der Waals surface area contributed by atoms with E-state index in [0.717, 1.165) is 22.9 Å². The van der Waals surface area contributed by atoms with Crippen LogP contribution in [0.25, 0.3) is 0 Å². The minimum atomic E-state index is -0.866. The SMILES string of the molecule is CCN(CC(C)C(=O)O)C(=O)C1(c2ccc(Br)cc2)CC1. The molecule has 0 aliphatic heterocycles. The molecule has 0 saturated heterocycles. The highest BCUT2D eigenvalue weighted by Crippen LogP contribution is 2.49. The van der Waals surface area contributed by atoms with Gasteiger partial charge in [-0.25, -0.2) is 0 Å². The van der Waals surface area contributed by atoms with Crippen LogP contribution < -0.4 is 0 Å². The van der Waals surface area contributed by atoms with Crippen molar-refractivity contribution in [2.24, 2.45) is 5.92 Å². The van der Waals surface area contributed by atoms with Gasteiger partial charge in [-0.05, 0) is 37.5 Å². The fourth-order valence-corrected chi connectivity index (χ4v) is 2.85. The van der Waals surface area contributed by atoms with Crippen LogP contribution in [0.5, 0.6) is 0 Å². The van der Waals surface area contributed by atoms with E-state index in [2.05, 4.69) is 15.9 Å². The van der Waals surface area contributed by atoms with Gasteiger partial charge in [-0.1, -0.05) is 35.0 Å². The summed E-state index contributed by atoms with van der Waals surface area (Å²) in [6.45, 7) is 4.33. The van der Waals surface area contributed by atoms with E-state index in [-0.39, 0.29) is 12.5 Å². The molecule has 1 N–H and O–H groups in total. The van der Waals surface area contributed by atoms with E-state index >= 15 is 0 Å². The van der Waals surface area contributed by atoms with Crippen LogP contribution in [0.3, 0.4) is 0 Å². The molecule has 0 bridgehead atoms. The molecule has 0 radical (unpaired) electrons. The highest BCUT2D eigenvalue weighted by Gasteiger charge is 2.52. The predicted molar refractivity (Wildman–Crippen MR) is 84.1 cm³/mol. The maximum Gasteiger partial charge on any atom is 0.308 e. The van der Waals surface area contributed by atoms with E-state index in [1.54, 1.807) is 11.8 Å². The Morgan fingerprint density at radius 2 is 1.90 bits per heavy atom. The average Bonchev–Trinajstić information content (AvgIpc) is 3.26. The van der Waals surface area contributed by atoms with Crippen LogP contribution in [-0.2, 0) is 15.0 Å². The number of nitrogens with zero attached hydrogens (tertiary/aromatic N) is 1. The topological polar surface area (TPSA) is 57.6 Å². The Balaban J connectivity index is 2.17. The van der Waals surface area contributed by atoms with Crippen molar-refractivity contribution in [3.8, 4) is 0 Å². The third kappa shape index (κ3) is 3.28. The number of benzene rings is 1. The average molecular weight is 354 g/mol. The summed E-state index contributed by atoms with van der Waals surface area (Å²) < 4.78 is 0.987. The van der Waals surface area contributed by atoms with Crippen LogP contribution in [0.1, 0.15) is 32.3 Å². The first-order chi connectivity index (χ1) is 9.90. The van der Waals surface area contributed by atoms with E-state index in [1.165, 1.54) is 0 Å². The van der Waals surface area contributed by atoms with Crippen LogP contribution in [0.2, 0.25) is 0 Å². The van der Waals surface area contributed by atoms with E-state index in [0.29, 0.717) is 6.54 Å². The number of likely N-dealkylation sites (N-methyl/N-ethyl adjacent to an activating group) is 1. The second kappa shape index (κ2) is 6.18. The molecule has 1 amide bonds. The number of halogens is 1. The van der Waals surface area contributed by atoms with Gasteiger partial charge in [0.1, 0.15) is 0 Å². The first kappa shape index (κ1) is 16.0.